The predicted molar refractivity (Wildman–Crippen MR) is 70.7 cm³/mol. The van der Waals surface area contributed by atoms with Gasteiger partial charge in [0.1, 0.15) is 0 Å². The molecule has 1 aliphatic rings. The van der Waals surface area contributed by atoms with Crippen molar-refractivity contribution < 1.29 is 14.6 Å². The summed E-state index contributed by atoms with van der Waals surface area (Å²) in [5, 5.41) is 9.76. The first-order chi connectivity index (χ1) is 8.61. The zero-order valence-corrected chi connectivity index (χ0v) is 11.0. The third kappa shape index (κ3) is 2.76. The second-order valence-electron chi connectivity index (χ2n) is 4.41. The Hall–Kier alpha value is -1.26. The first-order valence-corrected chi connectivity index (χ1v) is 6.30. The molecule has 18 heavy (non-hydrogen) atoms. The van der Waals surface area contributed by atoms with Crippen molar-refractivity contribution in [2.45, 2.75) is 18.9 Å². The average molecular weight is 270 g/mol. The summed E-state index contributed by atoms with van der Waals surface area (Å²) in [5.74, 6) is -0.929. The molecule has 0 radical (unpaired) electrons. The molecule has 98 valence electrons. The Morgan fingerprint density at radius 3 is 3.00 bits per heavy atom. The minimum atomic E-state index is -0.929. The quantitative estimate of drug-likeness (QED) is 0.917. The Morgan fingerprint density at radius 2 is 2.33 bits per heavy atom. The summed E-state index contributed by atoms with van der Waals surface area (Å²) in [4.78, 5) is 13.3. The van der Waals surface area contributed by atoms with Crippen LogP contribution in [0.1, 0.15) is 23.2 Å². The molecule has 0 amide bonds. The Bertz CT molecular complexity index is 450. The van der Waals surface area contributed by atoms with Crippen molar-refractivity contribution in [2.75, 3.05) is 25.1 Å². The van der Waals surface area contributed by atoms with E-state index in [1.165, 1.54) is 0 Å². The van der Waals surface area contributed by atoms with Gasteiger partial charge in [0.05, 0.1) is 17.4 Å². The highest BCUT2D eigenvalue weighted by Crippen LogP contribution is 2.28. The third-order valence-corrected chi connectivity index (χ3v) is 3.48. The van der Waals surface area contributed by atoms with E-state index >= 15 is 0 Å². The van der Waals surface area contributed by atoms with E-state index in [0.717, 1.165) is 19.4 Å². The van der Waals surface area contributed by atoms with Crippen LogP contribution >= 0.6 is 11.6 Å². The molecular weight excluding hydrogens is 254 g/mol. The number of halogens is 1. The minimum Gasteiger partial charge on any atom is -0.478 e. The highest BCUT2D eigenvalue weighted by atomic mass is 35.5. The predicted octanol–water partition coefficient (Wildman–Crippen LogP) is 2.65. The average Bonchev–Trinajstić information content (AvgIpc) is 2.38. The monoisotopic (exact) mass is 269 g/mol. The Labute approximate surface area is 111 Å². The number of piperidine rings is 1. The summed E-state index contributed by atoms with van der Waals surface area (Å²) in [5.41, 5.74) is 0.966. The van der Waals surface area contributed by atoms with Crippen LogP contribution in [0, 0.1) is 0 Å². The summed E-state index contributed by atoms with van der Waals surface area (Å²) >= 11 is 5.96. The van der Waals surface area contributed by atoms with Gasteiger partial charge < -0.3 is 14.7 Å². The largest absolute Gasteiger partial charge is 0.478 e. The molecule has 1 unspecified atom stereocenters. The smallest absolute Gasteiger partial charge is 0.337 e. The van der Waals surface area contributed by atoms with Crippen molar-refractivity contribution in [1.29, 1.82) is 0 Å². The van der Waals surface area contributed by atoms with Gasteiger partial charge in [0, 0.05) is 25.2 Å². The van der Waals surface area contributed by atoms with Crippen LogP contribution < -0.4 is 4.90 Å². The normalized spacial score (nSPS) is 19.9. The number of aromatic carboxylic acids is 1. The molecule has 1 saturated heterocycles. The van der Waals surface area contributed by atoms with E-state index in [-0.39, 0.29) is 11.7 Å². The van der Waals surface area contributed by atoms with Gasteiger partial charge in [0.15, 0.2) is 0 Å². The van der Waals surface area contributed by atoms with E-state index in [1.54, 1.807) is 25.3 Å². The molecule has 1 aromatic rings. The van der Waals surface area contributed by atoms with E-state index in [0.29, 0.717) is 17.3 Å². The zero-order valence-electron chi connectivity index (χ0n) is 10.2. The summed E-state index contributed by atoms with van der Waals surface area (Å²) in [6.45, 7) is 1.54. The molecule has 1 heterocycles. The van der Waals surface area contributed by atoms with Crippen LogP contribution in [0.3, 0.4) is 0 Å². The maximum Gasteiger partial charge on any atom is 0.337 e. The standard InChI is InChI=1S/C13H16ClNO3/c1-18-10-3-2-6-15(8-10)12-7-9(14)4-5-11(12)13(16)17/h4-5,7,10H,2-3,6,8H2,1H3,(H,16,17). The van der Waals surface area contributed by atoms with Gasteiger partial charge in [-0.2, -0.15) is 0 Å². The lowest BCUT2D eigenvalue weighted by Crippen LogP contribution is -2.39. The topological polar surface area (TPSA) is 49.8 Å². The molecule has 2 rings (SSSR count). The van der Waals surface area contributed by atoms with Crippen molar-refractivity contribution >= 4 is 23.3 Å². The second-order valence-corrected chi connectivity index (χ2v) is 4.85. The summed E-state index contributed by atoms with van der Waals surface area (Å²) in [6.07, 6.45) is 2.15. The van der Waals surface area contributed by atoms with Crippen molar-refractivity contribution in [2.24, 2.45) is 0 Å². The summed E-state index contributed by atoms with van der Waals surface area (Å²) in [7, 11) is 1.68. The first-order valence-electron chi connectivity index (χ1n) is 5.92. The molecule has 1 fully saturated rings. The van der Waals surface area contributed by atoms with E-state index in [4.69, 9.17) is 16.3 Å². The molecule has 1 aromatic carbocycles. The van der Waals surface area contributed by atoms with Crippen LogP contribution in [0.25, 0.3) is 0 Å². The number of carboxylic acids is 1. The fourth-order valence-corrected chi connectivity index (χ4v) is 2.46. The van der Waals surface area contributed by atoms with Crippen molar-refractivity contribution in [3.05, 3.63) is 28.8 Å². The number of rotatable bonds is 3. The number of hydrogen-bond donors (Lipinski definition) is 1. The second kappa shape index (κ2) is 5.59. The van der Waals surface area contributed by atoms with Crippen LogP contribution in [-0.4, -0.2) is 37.4 Å². The Kier molecular flexibility index (Phi) is 4.09. The Morgan fingerprint density at radius 1 is 1.56 bits per heavy atom. The van der Waals surface area contributed by atoms with Gasteiger partial charge in [0.2, 0.25) is 0 Å². The number of hydrogen-bond acceptors (Lipinski definition) is 3. The summed E-state index contributed by atoms with van der Waals surface area (Å²) < 4.78 is 5.35. The number of ether oxygens (including phenoxy) is 1. The number of carbonyl (C=O) groups is 1. The van der Waals surface area contributed by atoms with Crippen LogP contribution in [0.5, 0.6) is 0 Å². The van der Waals surface area contributed by atoms with Gasteiger partial charge in [-0.15, -0.1) is 0 Å². The highest BCUT2D eigenvalue weighted by Gasteiger charge is 2.23. The molecule has 0 saturated carbocycles. The van der Waals surface area contributed by atoms with Crippen molar-refractivity contribution in [3.63, 3.8) is 0 Å². The Balaban J connectivity index is 2.31. The molecule has 1 atom stereocenters. The lowest BCUT2D eigenvalue weighted by Gasteiger charge is -2.34. The maximum absolute atomic E-state index is 11.2. The summed E-state index contributed by atoms with van der Waals surface area (Å²) in [6, 6.07) is 4.87. The third-order valence-electron chi connectivity index (χ3n) is 3.24. The molecule has 4 nitrogen and oxygen atoms in total. The first kappa shape index (κ1) is 13.2. The van der Waals surface area contributed by atoms with Crippen LogP contribution in [-0.2, 0) is 4.74 Å². The van der Waals surface area contributed by atoms with Gasteiger partial charge in [-0.1, -0.05) is 11.6 Å². The fourth-order valence-electron chi connectivity index (χ4n) is 2.30. The maximum atomic E-state index is 11.2. The molecule has 1 aliphatic heterocycles. The van der Waals surface area contributed by atoms with E-state index in [2.05, 4.69) is 0 Å². The van der Waals surface area contributed by atoms with E-state index in [1.807, 2.05) is 4.90 Å². The number of nitrogens with zero attached hydrogens (tertiary/aromatic N) is 1. The molecule has 0 bridgehead atoms. The SMILES string of the molecule is COC1CCCN(c2cc(Cl)ccc2C(=O)O)C1. The number of benzene rings is 1. The zero-order chi connectivity index (χ0) is 13.1. The van der Waals surface area contributed by atoms with Crippen LogP contribution in [0.15, 0.2) is 18.2 Å². The van der Waals surface area contributed by atoms with E-state index in [9.17, 15) is 9.90 Å². The van der Waals surface area contributed by atoms with E-state index < -0.39 is 5.97 Å². The number of carboxylic acid groups (broad SMARTS) is 1. The van der Waals surface area contributed by atoms with Gasteiger partial charge >= 0.3 is 5.97 Å². The molecule has 0 spiro atoms. The lowest BCUT2D eigenvalue weighted by molar-refractivity contribution is 0.0695. The van der Waals surface area contributed by atoms with Gasteiger partial charge in [0.25, 0.3) is 0 Å². The highest BCUT2D eigenvalue weighted by molar-refractivity contribution is 6.31. The van der Waals surface area contributed by atoms with Crippen molar-refractivity contribution in [3.8, 4) is 0 Å². The van der Waals surface area contributed by atoms with Gasteiger partial charge in [-0.3, -0.25) is 0 Å². The number of methoxy groups -OCH3 is 1. The van der Waals surface area contributed by atoms with Crippen LogP contribution in [0.4, 0.5) is 5.69 Å². The molecular formula is C13H16ClNO3. The van der Waals surface area contributed by atoms with Gasteiger partial charge in [-0.05, 0) is 31.0 Å². The molecule has 5 heteroatoms. The van der Waals surface area contributed by atoms with Crippen LogP contribution in [0.2, 0.25) is 5.02 Å². The lowest BCUT2D eigenvalue weighted by atomic mass is 10.1. The number of anilines is 1. The van der Waals surface area contributed by atoms with Gasteiger partial charge in [-0.25, -0.2) is 4.79 Å². The minimum absolute atomic E-state index is 0.152. The fraction of sp³-hybridized carbons (Fsp3) is 0.462. The molecule has 0 aromatic heterocycles. The van der Waals surface area contributed by atoms with Crippen molar-refractivity contribution in [1.82, 2.24) is 0 Å². The molecule has 1 N–H and O–H groups in total. The molecule has 0 aliphatic carbocycles.